The fraction of sp³-hybridized carbons (Fsp3) is 0.538. The van der Waals surface area contributed by atoms with Gasteiger partial charge in [0.1, 0.15) is 0 Å². The second-order valence-corrected chi connectivity index (χ2v) is 5.77. The summed E-state index contributed by atoms with van der Waals surface area (Å²) in [4.78, 5) is 2.52. The lowest BCUT2D eigenvalue weighted by Crippen LogP contribution is -2.32. The van der Waals surface area contributed by atoms with Crippen molar-refractivity contribution in [2.45, 2.75) is 26.3 Å². The minimum Gasteiger partial charge on any atom is -0.399 e. The van der Waals surface area contributed by atoms with Gasteiger partial charge >= 0.3 is 0 Å². The Morgan fingerprint density at radius 3 is 2.62 bits per heavy atom. The van der Waals surface area contributed by atoms with Gasteiger partial charge in [-0.05, 0) is 55.6 Å². The number of likely N-dealkylation sites (tertiary alicyclic amines) is 1. The van der Waals surface area contributed by atoms with Crippen LogP contribution in [0.3, 0.4) is 0 Å². The summed E-state index contributed by atoms with van der Waals surface area (Å²) < 4.78 is 1.08. The van der Waals surface area contributed by atoms with Crippen LogP contribution in [0.4, 0.5) is 5.69 Å². The van der Waals surface area contributed by atoms with E-state index in [1.807, 2.05) is 6.07 Å². The summed E-state index contributed by atoms with van der Waals surface area (Å²) in [5.74, 6) is 0.892. The van der Waals surface area contributed by atoms with Crippen molar-refractivity contribution in [2.24, 2.45) is 5.92 Å². The largest absolute Gasteiger partial charge is 0.399 e. The molecule has 0 aromatic heterocycles. The van der Waals surface area contributed by atoms with Crippen molar-refractivity contribution in [3.05, 3.63) is 28.2 Å². The summed E-state index contributed by atoms with van der Waals surface area (Å²) in [5, 5.41) is 0. The van der Waals surface area contributed by atoms with Crippen LogP contribution in [0, 0.1) is 5.92 Å². The summed E-state index contributed by atoms with van der Waals surface area (Å²) >= 11 is 3.49. The first-order chi connectivity index (χ1) is 7.63. The third kappa shape index (κ3) is 3.22. The zero-order valence-corrected chi connectivity index (χ0v) is 11.3. The molecule has 2 rings (SSSR count). The van der Waals surface area contributed by atoms with E-state index in [1.54, 1.807) is 0 Å². The molecule has 88 valence electrons. The molecular weight excluding hydrogens is 264 g/mol. The smallest absolute Gasteiger partial charge is 0.0328 e. The number of nitrogens with zero attached hydrogens (tertiary/aromatic N) is 1. The topological polar surface area (TPSA) is 29.3 Å². The molecule has 0 atom stereocenters. The first kappa shape index (κ1) is 11.9. The van der Waals surface area contributed by atoms with Gasteiger partial charge in [-0.25, -0.2) is 0 Å². The normalized spacial score (nSPS) is 18.9. The summed E-state index contributed by atoms with van der Waals surface area (Å²) in [6.07, 6.45) is 2.65. The van der Waals surface area contributed by atoms with Crippen LogP contribution in [-0.4, -0.2) is 18.0 Å². The Kier molecular flexibility index (Phi) is 3.87. The summed E-state index contributed by atoms with van der Waals surface area (Å²) in [6.45, 7) is 5.80. The van der Waals surface area contributed by atoms with Crippen LogP contribution < -0.4 is 5.73 Å². The average Bonchev–Trinajstić information content (AvgIpc) is 2.20. The van der Waals surface area contributed by atoms with Gasteiger partial charge in [0.25, 0.3) is 0 Å². The lowest BCUT2D eigenvalue weighted by Gasteiger charge is -2.30. The van der Waals surface area contributed by atoms with Crippen LogP contribution in [0.1, 0.15) is 25.3 Å². The zero-order valence-electron chi connectivity index (χ0n) is 9.75. The second kappa shape index (κ2) is 5.19. The van der Waals surface area contributed by atoms with Crippen molar-refractivity contribution < 1.29 is 0 Å². The number of piperidine rings is 1. The van der Waals surface area contributed by atoms with Gasteiger partial charge in [-0.15, -0.1) is 0 Å². The summed E-state index contributed by atoms with van der Waals surface area (Å²) in [6, 6.07) is 6.18. The van der Waals surface area contributed by atoms with E-state index in [0.29, 0.717) is 0 Å². The highest BCUT2D eigenvalue weighted by Crippen LogP contribution is 2.21. The van der Waals surface area contributed by atoms with E-state index in [-0.39, 0.29) is 0 Å². The van der Waals surface area contributed by atoms with Gasteiger partial charge in [-0.1, -0.05) is 22.9 Å². The van der Waals surface area contributed by atoms with E-state index in [1.165, 1.54) is 31.5 Å². The maximum atomic E-state index is 5.84. The van der Waals surface area contributed by atoms with Gasteiger partial charge in [0.2, 0.25) is 0 Å². The van der Waals surface area contributed by atoms with Crippen LogP contribution in [0.2, 0.25) is 0 Å². The molecule has 1 aliphatic rings. The Balaban J connectivity index is 1.98. The number of rotatable bonds is 2. The highest BCUT2D eigenvalue weighted by molar-refractivity contribution is 9.10. The Bertz CT molecular complexity index is 337. The van der Waals surface area contributed by atoms with E-state index < -0.39 is 0 Å². The number of hydrogen-bond acceptors (Lipinski definition) is 2. The van der Waals surface area contributed by atoms with E-state index in [0.717, 1.165) is 22.6 Å². The van der Waals surface area contributed by atoms with Gasteiger partial charge in [0.15, 0.2) is 0 Å². The minimum atomic E-state index is 0.842. The van der Waals surface area contributed by atoms with E-state index in [2.05, 4.69) is 39.9 Å². The van der Waals surface area contributed by atoms with E-state index in [9.17, 15) is 0 Å². The van der Waals surface area contributed by atoms with Crippen LogP contribution >= 0.6 is 15.9 Å². The predicted octanol–water partition coefficient (Wildman–Crippen LogP) is 3.26. The van der Waals surface area contributed by atoms with E-state index in [4.69, 9.17) is 5.73 Å². The maximum absolute atomic E-state index is 5.84. The van der Waals surface area contributed by atoms with Crippen LogP contribution in [0.5, 0.6) is 0 Å². The van der Waals surface area contributed by atoms with Crippen LogP contribution in [0.25, 0.3) is 0 Å². The molecule has 1 aromatic rings. The molecule has 1 fully saturated rings. The molecule has 3 heteroatoms. The number of hydrogen-bond donors (Lipinski definition) is 1. The standard InChI is InChI=1S/C13H19BrN2/c1-10-2-4-16(5-3-10)9-11-6-12(14)8-13(15)7-11/h6-8,10H,2-5,9,15H2,1H3. The lowest BCUT2D eigenvalue weighted by molar-refractivity contribution is 0.185. The molecule has 0 aliphatic carbocycles. The van der Waals surface area contributed by atoms with Crippen molar-refractivity contribution in [1.29, 1.82) is 0 Å². The molecule has 0 unspecified atom stereocenters. The molecule has 0 amide bonds. The fourth-order valence-electron chi connectivity index (χ4n) is 2.25. The highest BCUT2D eigenvalue weighted by Gasteiger charge is 2.15. The highest BCUT2D eigenvalue weighted by atomic mass is 79.9. The van der Waals surface area contributed by atoms with Gasteiger partial charge in [-0.2, -0.15) is 0 Å². The Morgan fingerprint density at radius 1 is 1.31 bits per heavy atom. The number of anilines is 1. The first-order valence-corrected chi connectivity index (χ1v) is 6.70. The molecule has 1 aliphatic heterocycles. The van der Waals surface area contributed by atoms with E-state index >= 15 is 0 Å². The van der Waals surface area contributed by atoms with Crippen LogP contribution in [0.15, 0.2) is 22.7 Å². The molecule has 0 saturated carbocycles. The molecule has 0 radical (unpaired) electrons. The summed E-state index contributed by atoms with van der Waals surface area (Å²) in [7, 11) is 0. The molecule has 2 nitrogen and oxygen atoms in total. The molecular formula is C13H19BrN2. The number of halogens is 1. The molecule has 1 saturated heterocycles. The van der Waals surface area contributed by atoms with Gasteiger partial charge in [-0.3, -0.25) is 4.90 Å². The summed E-state index contributed by atoms with van der Waals surface area (Å²) in [5.41, 5.74) is 7.99. The third-order valence-corrected chi connectivity index (χ3v) is 3.72. The quantitative estimate of drug-likeness (QED) is 0.844. The Hall–Kier alpha value is -0.540. The minimum absolute atomic E-state index is 0.842. The van der Waals surface area contributed by atoms with Gasteiger partial charge < -0.3 is 5.73 Å². The number of nitrogens with two attached hydrogens (primary N) is 1. The SMILES string of the molecule is CC1CCN(Cc2cc(N)cc(Br)c2)CC1. The Labute approximate surface area is 106 Å². The zero-order chi connectivity index (χ0) is 11.5. The molecule has 0 bridgehead atoms. The molecule has 16 heavy (non-hydrogen) atoms. The van der Waals surface area contributed by atoms with Gasteiger partial charge in [0, 0.05) is 16.7 Å². The second-order valence-electron chi connectivity index (χ2n) is 4.85. The number of nitrogen functional groups attached to an aromatic ring is 1. The third-order valence-electron chi connectivity index (χ3n) is 3.26. The molecule has 0 spiro atoms. The molecule has 1 heterocycles. The van der Waals surface area contributed by atoms with Gasteiger partial charge in [0.05, 0.1) is 0 Å². The first-order valence-electron chi connectivity index (χ1n) is 5.91. The van der Waals surface area contributed by atoms with Crippen LogP contribution in [-0.2, 0) is 6.54 Å². The maximum Gasteiger partial charge on any atom is 0.0328 e. The molecule has 2 N–H and O–H groups in total. The van der Waals surface area contributed by atoms with Crippen molar-refractivity contribution in [3.8, 4) is 0 Å². The predicted molar refractivity (Wildman–Crippen MR) is 72.2 cm³/mol. The molecule has 1 aromatic carbocycles. The lowest BCUT2D eigenvalue weighted by atomic mass is 9.99. The van der Waals surface area contributed by atoms with Crippen molar-refractivity contribution in [2.75, 3.05) is 18.8 Å². The number of benzene rings is 1. The van der Waals surface area contributed by atoms with Crippen molar-refractivity contribution >= 4 is 21.6 Å². The monoisotopic (exact) mass is 282 g/mol. The Morgan fingerprint density at radius 2 is 2.00 bits per heavy atom. The van der Waals surface area contributed by atoms with Crippen molar-refractivity contribution in [1.82, 2.24) is 4.90 Å². The average molecular weight is 283 g/mol. The van der Waals surface area contributed by atoms with Crippen molar-refractivity contribution in [3.63, 3.8) is 0 Å². The fourth-order valence-corrected chi connectivity index (χ4v) is 2.80.